The van der Waals surface area contributed by atoms with Crippen molar-refractivity contribution in [1.82, 2.24) is 14.8 Å². The van der Waals surface area contributed by atoms with Gasteiger partial charge >= 0.3 is 5.69 Å². The lowest BCUT2D eigenvalue weighted by molar-refractivity contribution is -0.385. The van der Waals surface area contributed by atoms with Crippen LogP contribution in [0.15, 0.2) is 18.2 Å². The smallest absolute Gasteiger partial charge is 0.311 e. The molecule has 0 bridgehead atoms. The first-order valence-electron chi connectivity index (χ1n) is 5.35. The van der Waals surface area contributed by atoms with Gasteiger partial charge in [0.25, 0.3) is 0 Å². The number of hydrogen-bond acceptors (Lipinski definition) is 5. The van der Waals surface area contributed by atoms with Gasteiger partial charge in [-0.15, -0.1) is 10.2 Å². The first-order chi connectivity index (χ1) is 9.08. The largest absolute Gasteiger partial charge is 0.490 e. The van der Waals surface area contributed by atoms with Crippen LogP contribution in [0.4, 0.5) is 5.69 Å². The quantitative estimate of drug-likeness (QED) is 0.489. The van der Waals surface area contributed by atoms with Crippen molar-refractivity contribution < 1.29 is 9.66 Å². The summed E-state index contributed by atoms with van der Waals surface area (Å²) in [6.45, 7) is 0. The number of benzene rings is 1. The predicted octanol–water partition coefficient (Wildman–Crippen LogP) is 2.29. The molecule has 0 unspecified atom stereocenters. The molecule has 0 N–H and O–H groups in total. The van der Waals surface area contributed by atoms with Gasteiger partial charge in [-0.3, -0.25) is 10.1 Å². The van der Waals surface area contributed by atoms with E-state index < -0.39 is 4.92 Å². The Morgan fingerprint density at radius 1 is 1.47 bits per heavy atom. The molecule has 0 saturated heterocycles. The fourth-order valence-corrected chi connectivity index (χ4v) is 2.19. The van der Waals surface area contributed by atoms with E-state index >= 15 is 0 Å². The highest BCUT2D eigenvalue weighted by atomic mass is 79.9. The molecule has 0 radical (unpaired) electrons. The molecule has 1 aromatic heterocycles. The van der Waals surface area contributed by atoms with E-state index in [0.717, 1.165) is 5.82 Å². The Morgan fingerprint density at radius 2 is 2.21 bits per heavy atom. The summed E-state index contributed by atoms with van der Waals surface area (Å²) in [7, 11) is 3.20. The average molecular weight is 327 g/mol. The Balaban J connectivity index is 2.54. The highest BCUT2D eigenvalue weighted by molar-refractivity contribution is 9.08. The number of rotatable bonds is 4. The van der Waals surface area contributed by atoms with E-state index in [-0.39, 0.29) is 11.4 Å². The molecular formula is C11H11BrN4O3. The number of nitro groups is 1. The third kappa shape index (κ3) is 2.43. The van der Waals surface area contributed by atoms with Gasteiger partial charge in [-0.2, -0.15) is 0 Å². The number of hydrogen-bond donors (Lipinski definition) is 0. The van der Waals surface area contributed by atoms with Crippen LogP contribution in [0, 0.1) is 10.1 Å². The van der Waals surface area contributed by atoms with E-state index in [0.29, 0.717) is 16.7 Å². The Labute approximate surface area is 117 Å². The lowest BCUT2D eigenvalue weighted by Crippen LogP contribution is -1.99. The minimum absolute atomic E-state index is 0.0941. The molecule has 1 heterocycles. The third-order valence-electron chi connectivity index (χ3n) is 2.72. The zero-order valence-corrected chi connectivity index (χ0v) is 11.9. The summed E-state index contributed by atoms with van der Waals surface area (Å²) in [6.07, 6.45) is 0. The molecule has 0 spiro atoms. The van der Waals surface area contributed by atoms with Crippen molar-refractivity contribution in [2.45, 2.75) is 5.33 Å². The van der Waals surface area contributed by atoms with Crippen molar-refractivity contribution in [1.29, 1.82) is 0 Å². The minimum Gasteiger partial charge on any atom is -0.490 e. The number of alkyl halides is 1. The van der Waals surface area contributed by atoms with E-state index in [4.69, 9.17) is 4.74 Å². The van der Waals surface area contributed by atoms with Gasteiger partial charge in [-0.1, -0.05) is 15.9 Å². The van der Waals surface area contributed by atoms with Gasteiger partial charge < -0.3 is 9.30 Å². The Bertz CT molecular complexity index is 626. The Hall–Kier alpha value is -1.96. The molecule has 0 aliphatic rings. The average Bonchev–Trinajstić information content (AvgIpc) is 2.79. The Kier molecular flexibility index (Phi) is 3.79. The summed E-state index contributed by atoms with van der Waals surface area (Å²) in [5.41, 5.74) is 0.526. The van der Waals surface area contributed by atoms with Crippen molar-refractivity contribution in [2.24, 2.45) is 7.05 Å². The number of halogens is 1. The zero-order valence-electron chi connectivity index (χ0n) is 10.3. The summed E-state index contributed by atoms with van der Waals surface area (Å²) in [5, 5.41) is 19.6. The SMILES string of the molecule is COc1ccc(-c2nnc(CBr)n2C)cc1[N+](=O)[O-]. The molecular weight excluding hydrogens is 316 g/mol. The fourth-order valence-electron chi connectivity index (χ4n) is 1.70. The summed E-state index contributed by atoms with van der Waals surface area (Å²) in [4.78, 5) is 10.5. The molecule has 2 aromatic rings. The maximum Gasteiger partial charge on any atom is 0.311 e. The number of nitro benzene ring substituents is 1. The second kappa shape index (κ2) is 5.35. The van der Waals surface area contributed by atoms with Crippen LogP contribution in [-0.4, -0.2) is 26.8 Å². The van der Waals surface area contributed by atoms with Crippen LogP contribution in [0.25, 0.3) is 11.4 Å². The van der Waals surface area contributed by atoms with Crippen LogP contribution >= 0.6 is 15.9 Å². The number of ether oxygens (including phenoxy) is 1. The minimum atomic E-state index is -0.482. The van der Waals surface area contributed by atoms with Crippen molar-refractivity contribution in [3.05, 3.63) is 34.1 Å². The third-order valence-corrected chi connectivity index (χ3v) is 3.22. The van der Waals surface area contributed by atoms with E-state index in [2.05, 4.69) is 26.1 Å². The number of methoxy groups -OCH3 is 1. The topological polar surface area (TPSA) is 83.1 Å². The first kappa shape index (κ1) is 13.5. The van der Waals surface area contributed by atoms with Crippen molar-refractivity contribution in [3.8, 4) is 17.1 Å². The molecule has 8 heteroatoms. The van der Waals surface area contributed by atoms with Crippen LogP contribution < -0.4 is 4.74 Å². The van der Waals surface area contributed by atoms with E-state index in [9.17, 15) is 10.1 Å². The van der Waals surface area contributed by atoms with Crippen molar-refractivity contribution in [2.75, 3.05) is 7.11 Å². The summed E-state index contributed by atoms with van der Waals surface area (Å²) >= 11 is 3.30. The summed E-state index contributed by atoms with van der Waals surface area (Å²) < 4.78 is 6.74. The van der Waals surface area contributed by atoms with Crippen LogP contribution in [0.2, 0.25) is 0 Å². The zero-order chi connectivity index (χ0) is 14.0. The molecule has 100 valence electrons. The standard InChI is InChI=1S/C11H11BrN4O3/c1-15-10(6-12)13-14-11(15)7-3-4-9(19-2)8(5-7)16(17)18/h3-5H,6H2,1-2H3. The normalized spacial score (nSPS) is 10.5. The Morgan fingerprint density at radius 3 is 2.74 bits per heavy atom. The van der Waals surface area contributed by atoms with E-state index in [1.165, 1.54) is 13.2 Å². The molecule has 1 aromatic carbocycles. The maximum absolute atomic E-state index is 11.0. The maximum atomic E-state index is 11.0. The molecule has 0 saturated carbocycles. The lowest BCUT2D eigenvalue weighted by Gasteiger charge is -2.05. The second-order valence-electron chi connectivity index (χ2n) is 3.78. The van der Waals surface area contributed by atoms with Crippen molar-refractivity contribution >= 4 is 21.6 Å². The molecule has 0 fully saturated rings. The number of aromatic nitrogens is 3. The number of nitrogens with zero attached hydrogens (tertiary/aromatic N) is 4. The highest BCUT2D eigenvalue weighted by Gasteiger charge is 2.18. The van der Waals surface area contributed by atoms with Gasteiger partial charge in [0.15, 0.2) is 11.6 Å². The van der Waals surface area contributed by atoms with Gasteiger partial charge in [0.1, 0.15) is 5.82 Å². The molecule has 19 heavy (non-hydrogen) atoms. The fraction of sp³-hybridized carbons (Fsp3) is 0.273. The molecule has 0 amide bonds. The molecule has 0 aliphatic heterocycles. The van der Waals surface area contributed by atoms with Gasteiger partial charge in [-0.05, 0) is 12.1 Å². The van der Waals surface area contributed by atoms with Crippen LogP contribution in [0.1, 0.15) is 5.82 Å². The van der Waals surface area contributed by atoms with Crippen molar-refractivity contribution in [3.63, 3.8) is 0 Å². The monoisotopic (exact) mass is 326 g/mol. The van der Waals surface area contributed by atoms with Crippen LogP contribution in [0.3, 0.4) is 0 Å². The van der Waals surface area contributed by atoms with E-state index in [1.807, 2.05) is 7.05 Å². The molecule has 0 aliphatic carbocycles. The summed E-state index contributed by atoms with van der Waals surface area (Å²) in [6, 6.07) is 4.70. The lowest BCUT2D eigenvalue weighted by atomic mass is 10.1. The van der Waals surface area contributed by atoms with E-state index in [1.54, 1.807) is 16.7 Å². The van der Waals surface area contributed by atoms with Crippen LogP contribution in [0.5, 0.6) is 5.75 Å². The van der Waals surface area contributed by atoms with Gasteiger partial charge in [0, 0.05) is 18.7 Å². The molecule has 0 atom stereocenters. The first-order valence-corrected chi connectivity index (χ1v) is 6.47. The second-order valence-corrected chi connectivity index (χ2v) is 4.34. The van der Waals surface area contributed by atoms with Gasteiger partial charge in [0.2, 0.25) is 0 Å². The predicted molar refractivity (Wildman–Crippen MR) is 72.3 cm³/mol. The highest BCUT2D eigenvalue weighted by Crippen LogP contribution is 2.31. The van der Waals surface area contributed by atoms with Gasteiger partial charge in [-0.25, -0.2) is 0 Å². The molecule has 2 rings (SSSR count). The summed E-state index contributed by atoms with van der Waals surface area (Å²) in [5.74, 6) is 1.53. The van der Waals surface area contributed by atoms with Crippen LogP contribution in [-0.2, 0) is 12.4 Å². The van der Waals surface area contributed by atoms with Gasteiger partial charge in [0.05, 0.1) is 17.4 Å². The molecule has 7 nitrogen and oxygen atoms in total.